The highest BCUT2D eigenvalue weighted by molar-refractivity contribution is 5.92. The molecule has 1 N–H and O–H groups in total. The van der Waals surface area contributed by atoms with Crippen LogP contribution in [0.1, 0.15) is 19.0 Å². The molecule has 0 saturated carbocycles. The van der Waals surface area contributed by atoms with E-state index in [2.05, 4.69) is 10.3 Å². The van der Waals surface area contributed by atoms with Gasteiger partial charge in [0.15, 0.2) is 0 Å². The molecule has 0 spiro atoms. The monoisotopic (exact) mass is 236 g/mol. The normalized spacial score (nSPS) is 10.8. The van der Waals surface area contributed by atoms with Gasteiger partial charge in [-0.05, 0) is 31.5 Å². The highest BCUT2D eigenvalue weighted by Crippen LogP contribution is 2.27. The van der Waals surface area contributed by atoms with E-state index in [1.165, 1.54) is 0 Å². The Labute approximate surface area is 98.7 Å². The van der Waals surface area contributed by atoms with Crippen molar-refractivity contribution in [2.45, 2.75) is 20.3 Å². The molecule has 90 valence electrons. The van der Waals surface area contributed by atoms with Crippen molar-refractivity contribution in [2.75, 3.05) is 11.9 Å². The minimum absolute atomic E-state index is 0.0867. The second-order valence-corrected chi connectivity index (χ2v) is 3.99. The van der Waals surface area contributed by atoms with Gasteiger partial charge in [-0.25, -0.2) is 13.8 Å². The van der Waals surface area contributed by atoms with Crippen LogP contribution in [0.3, 0.4) is 0 Å². The molecule has 0 aliphatic heterocycles. The highest BCUT2D eigenvalue weighted by atomic mass is 19.1. The van der Waals surface area contributed by atoms with E-state index in [9.17, 15) is 8.78 Å². The fraction of sp³-hybridized carbons (Fsp3) is 0.308. The van der Waals surface area contributed by atoms with Crippen LogP contribution in [0.4, 0.5) is 14.5 Å². The summed E-state index contributed by atoms with van der Waals surface area (Å²) < 4.78 is 27.3. The van der Waals surface area contributed by atoms with Crippen LogP contribution in [0.25, 0.3) is 10.9 Å². The molecule has 1 aromatic heterocycles. The summed E-state index contributed by atoms with van der Waals surface area (Å²) in [6.07, 6.45) is 0.916. The molecule has 0 aliphatic rings. The molecule has 0 fully saturated rings. The number of nitrogens with one attached hydrogen (secondary N) is 1. The molecule has 1 aromatic carbocycles. The first kappa shape index (κ1) is 11.8. The molecular weight excluding hydrogens is 222 g/mol. The zero-order chi connectivity index (χ0) is 12.4. The first-order valence-electron chi connectivity index (χ1n) is 5.62. The summed E-state index contributed by atoms with van der Waals surface area (Å²) in [6.45, 7) is 4.50. The van der Waals surface area contributed by atoms with Gasteiger partial charge in [0, 0.05) is 17.9 Å². The average Bonchev–Trinajstić information content (AvgIpc) is 2.30. The highest BCUT2D eigenvalue weighted by Gasteiger charge is 2.12. The molecule has 2 aromatic rings. The minimum atomic E-state index is -0.496. The average molecular weight is 236 g/mol. The number of hydrogen-bond acceptors (Lipinski definition) is 2. The number of nitrogens with zero attached hydrogens (tertiary/aromatic N) is 1. The zero-order valence-corrected chi connectivity index (χ0v) is 9.85. The summed E-state index contributed by atoms with van der Waals surface area (Å²) in [5, 5.41) is 3.33. The molecule has 0 unspecified atom stereocenters. The summed E-state index contributed by atoms with van der Waals surface area (Å²) in [7, 11) is 0. The number of benzene rings is 1. The molecule has 0 saturated heterocycles. The maximum absolute atomic E-state index is 13.7. The van der Waals surface area contributed by atoms with E-state index in [0.29, 0.717) is 17.9 Å². The molecule has 0 amide bonds. The summed E-state index contributed by atoms with van der Waals surface area (Å²) in [4.78, 5) is 4.05. The standard InChI is InChI=1S/C13H14F2N2/c1-3-6-16-11-7-8(2)17-13-10(15)5-4-9(14)12(11)13/h4-5,7H,3,6H2,1-2H3,(H,16,17). The number of hydrogen-bond donors (Lipinski definition) is 1. The van der Waals surface area contributed by atoms with Crippen molar-refractivity contribution < 1.29 is 8.78 Å². The van der Waals surface area contributed by atoms with E-state index in [1.807, 2.05) is 6.92 Å². The van der Waals surface area contributed by atoms with Crippen LogP contribution in [-0.2, 0) is 0 Å². The Morgan fingerprint density at radius 1 is 1.24 bits per heavy atom. The molecular formula is C13H14F2N2. The summed E-state index contributed by atoms with van der Waals surface area (Å²) in [5.41, 5.74) is 1.36. The lowest BCUT2D eigenvalue weighted by atomic mass is 10.1. The van der Waals surface area contributed by atoms with Gasteiger partial charge in [-0.3, -0.25) is 0 Å². The summed E-state index contributed by atoms with van der Waals surface area (Å²) >= 11 is 0. The first-order valence-corrected chi connectivity index (χ1v) is 5.62. The quantitative estimate of drug-likeness (QED) is 0.880. The SMILES string of the molecule is CCCNc1cc(C)nc2c(F)ccc(F)c12. The predicted octanol–water partition coefficient (Wildman–Crippen LogP) is 3.64. The van der Waals surface area contributed by atoms with Gasteiger partial charge >= 0.3 is 0 Å². The van der Waals surface area contributed by atoms with Gasteiger partial charge in [-0.2, -0.15) is 0 Å². The second-order valence-electron chi connectivity index (χ2n) is 3.99. The number of rotatable bonds is 3. The topological polar surface area (TPSA) is 24.9 Å². The zero-order valence-electron chi connectivity index (χ0n) is 9.85. The van der Waals surface area contributed by atoms with E-state index >= 15 is 0 Å². The molecule has 0 bridgehead atoms. The predicted molar refractivity (Wildman–Crippen MR) is 65.2 cm³/mol. The molecule has 0 atom stereocenters. The fourth-order valence-corrected chi connectivity index (χ4v) is 1.80. The van der Waals surface area contributed by atoms with Crippen molar-refractivity contribution in [2.24, 2.45) is 0 Å². The van der Waals surface area contributed by atoms with Gasteiger partial charge in [0.1, 0.15) is 17.2 Å². The van der Waals surface area contributed by atoms with E-state index in [1.54, 1.807) is 13.0 Å². The van der Waals surface area contributed by atoms with Crippen LogP contribution < -0.4 is 5.32 Å². The minimum Gasteiger partial charge on any atom is -0.384 e. The number of aryl methyl sites for hydroxylation is 1. The Balaban J connectivity index is 2.68. The maximum atomic E-state index is 13.7. The van der Waals surface area contributed by atoms with Crippen LogP contribution in [0.5, 0.6) is 0 Å². The third-order valence-electron chi connectivity index (χ3n) is 2.55. The number of anilines is 1. The smallest absolute Gasteiger partial charge is 0.149 e. The number of fused-ring (bicyclic) bond motifs is 1. The number of halogens is 2. The van der Waals surface area contributed by atoms with Gasteiger partial charge in [-0.15, -0.1) is 0 Å². The molecule has 0 aliphatic carbocycles. The van der Waals surface area contributed by atoms with Crippen LogP contribution >= 0.6 is 0 Å². The van der Waals surface area contributed by atoms with Crippen LogP contribution in [-0.4, -0.2) is 11.5 Å². The Hall–Kier alpha value is -1.71. The van der Waals surface area contributed by atoms with Crippen molar-refractivity contribution in [1.29, 1.82) is 0 Å². The van der Waals surface area contributed by atoms with Gasteiger partial charge in [0.2, 0.25) is 0 Å². The van der Waals surface area contributed by atoms with Crippen LogP contribution in [0.15, 0.2) is 18.2 Å². The Bertz CT molecular complexity index is 553. The lowest BCUT2D eigenvalue weighted by molar-refractivity contribution is 0.615. The molecule has 1 heterocycles. The van der Waals surface area contributed by atoms with Crippen LogP contribution in [0.2, 0.25) is 0 Å². The van der Waals surface area contributed by atoms with Gasteiger partial charge in [0.05, 0.1) is 5.39 Å². The van der Waals surface area contributed by atoms with Crippen molar-refractivity contribution in [3.63, 3.8) is 0 Å². The van der Waals surface area contributed by atoms with Gasteiger partial charge < -0.3 is 5.32 Å². The van der Waals surface area contributed by atoms with Crippen molar-refractivity contribution in [3.8, 4) is 0 Å². The maximum Gasteiger partial charge on any atom is 0.149 e. The second kappa shape index (κ2) is 4.65. The number of aromatic nitrogens is 1. The van der Waals surface area contributed by atoms with Crippen molar-refractivity contribution in [1.82, 2.24) is 4.98 Å². The summed E-state index contributed by atoms with van der Waals surface area (Å²) in [6, 6.07) is 3.97. The van der Waals surface area contributed by atoms with E-state index in [4.69, 9.17) is 0 Å². The third-order valence-corrected chi connectivity index (χ3v) is 2.55. The Morgan fingerprint density at radius 3 is 2.65 bits per heavy atom. The molecule has 0 radical (unpaired) electrons. The number of pyridine rings is 1. The van der Waals surface area contributed by atoms with E-state index in [0.717, 1.165) is 18.6 Å². The molecule has 4 heteroatoms. The fourth-order valence-electron chi connectivity index (χ4n) is 1.80. The lowest BCUT2D eigenvalue weighted by Gasteiger charge is -2.11. The van der Waals surface area contributed by atoms with Gasteiger partial charge in [0.25, 0.3) is 0 Å². The molecule has 17 heavy (non-hydrogen) atoms. The third kappa shape index (κ3) is 2.20. The Morgan fingerprint density at radius 2 is 1.94 bits per heavy atom. The largest absolute Gasteiger partial charge is 0.384 e. The van der Waals surface area contributed by atoms with E-state index < -0.39 is 11.6 Å². The van der Waals surface area contributed by atoms with Crippen molar-refractivity contribution in [3.05, 3.63) is 35.5 Å². The Kier molecular flexibility index (Phi) is 3.22. The molecule has 2 rings (SSSR count). The van der Waals surface area contributed by atoms with Crippen molar-refractivity contribution >= 4 is 16.6 Å². The van der Waals surface area contributed by atoms with E-state index in [-0.39, 0.29) is 10.9 Å². The summed E-state index contributed by atoms with van der Waals surface area (Å²) in [5.74, 6) is -0.947. The first-order chi connectivity index (χ1) is 8.13. The molecule has 2 nitrogen and oxygen atoms in total. The van der Waals surface area contributed by atoms with Crippen LogP contribution in [0, 0.1) is 18.6 Å². The lowest BCUT2D eigenvalue weighted by Crippen LogP contribution is -2.03. The van der Waals surface area contributed by atoms with Gasteiger partial charge in [-0.1, -0.05) is 6.92 Å².